The van der Waals surface area contributed by atoms with E-state index in [-0.39, 0.29) is 25.0 Å². The van der Waals surface area contributed by atoms with Crippen molar-refractivity contribution in [3.63, 3.8) is 0 Å². The van der Waals surface area contributed by atoms with Crippen molar-refractivity contribution in [2.75, 3.05) is 37.6 Å². The summed E-state index contributed by atoms with van der Waals surface area (Å²) in [6.45, 7) is 2.22. The Hall–Kier alpha value is -2.27. The molecule has 8 nitrogen and oxygen atoms in total. The summed E-state index contributed by atoms with van der Waals surface area (Å²) in [6.07, 6.45) is 6.95. The van der Waals surface area contributed by atoms with Gasteiger partial charge in [0.2, 0.25) is 10.0 Å². The summed E-state index contributed by atoms with van der Waals surface area (Å²) >= 11 is 3.36. The van der Waals surface area contributed by atoms with Crippen LogP contribution >= 0.6 is 15.9 Å². The number of halogens is 1. The Morgan fingerprint density at radius 1 is 1.00 bits per heavy atom. The standard InChI is InChI=1S/C22H26BrN5O3S/c23-19-3-1-18(2-4-19)9-16-32(30,31)27-14-15-28(22(29)17-27)25-20-7-12-26(13-8-20)21-5-10-24-11-6-21/h1-6,9-11,16,20,25H,7-8,12-15,17H2. The van der Waals surface area contributed by atoms with Crippen LogP contribution in [0.3, 0.4) is 0 Å². The second-order valence-corrected chi connectivity index (χ2v) is 10.6. The van der Waals surface area contributed by atoms with E-state index in [1.807, 2.05) is 36.4 Å². The highest BCUT2D eigenvalue weighted by Crippen LogP contribution is 2.20. The number of hydrazine groups is 1. The van der Waals surface area contributed by atoms with Gasteiger partial charge in [-0.25, -0.2) is 13.8 Å². The number of nitrogens with zero attached hydrogens (tertiary/aromatic N) is 4. The van der Waals surface area contributed by atoms with Crippen molar-refractivity contribution >= 4 is 43.6 Å². The molecule has 0 unspecified atom stereocenters. The second-order valence-electron chi connectivity index (χ2n) is 7.87. The van der Waals surface area contributed by atoms with E-state index in [0.717, 1.165) is 41.7 Å². The first-order valence-corrected chi connectivity index (χ1v) is 12.9. The van der Waals surface area contributed by atoms with E-state index in [1.54, 1.807) is 23.5 Å². The lowest BCUT2D eigenvalue weighted by Crippen LogP contribution is -2.59. The SMILES string of the molecule is O=C1CN(S(=O)(=O)C=Cc2ccc(Br)cc2)CCN1NC1CCN(c2ccncc2)CC1. The average Bonchev–Trinajstić information content (AvgIpc) is 2.81. The first kappa shape index (κ1) is 22.9. The maximum Gasteiger partial charge on any atom is 0.252 e. The van der Waals surface area contributed by atoms with Gasteiger partial charge in [-0.1, -0.05) is 28.1 Å². The molecule has 2 aliphatic rings. The molecule has 2 fully saturated rings. The second kappa shape index (κ2) is 10.1. The summed E-state index contributed by atoms with van der Waals surface area (Å²) in [4.78, 5) is 19.0. The Labute approximate surface area is 197 Å². The number of carbonyl (C=O) groups is 1. The van der Waals surface area contributed by atoms with Gasteiger partial charge in [-0.15, -0.1) is 0 Å². The van der Waals surface area contributed by atoms with Crippen molar-refractivity contribution in [1.82, 2.24) is 19.7 Å². The zero-order valence-corrected chi connectivity index (χ0v) is 20.0. The molecule has 1 N–H and O–H groups in total. The molecule has 3 heterocycles. The maximum absolute atomic E-state index is 12.7. The molecule has 0 atom stereocenters. The number of amides is 1. The number of pyridine rings is 1. The molecule has 2 saturated heterocycles. The van der Waals surface area contributed by atoms with Crippen molar-refractivity contribution < 1.29 is 13.2 Å². The minimum absolute atomic E-state index is 0.157. The highest BCUT2D eigenvalue weighted by atomic mass is 79.9. The van der Waals surface area contributed by atoms with Crippen LogP contribution in [-0.4, -0.2) is 67.4 Å². The van der Waals surface area contributed by atoms with E-state index in [1.165, 1.54) is 9.71 Å². The maximum atomic E-state index is 12.7. The number of carbonyl (C=O) groups excluding carboxylic acids is 1. The quantitative estimate of drug-likeness (QED) is 0.630. The molecule has 170 valence electrons. The van der Waals surface area contributed by atoms with Crippen molar-refractivity contribution in [2.24, 2.45) is 0 Å². The monoisotopic (exact) mass is 519 g/mol. The predicted octanol–water partition coefficient (Wildman–Crippen LogP) is 2.46. The Balaban J connectivity index is 1.28. The fraction of sp³-hybridized carbons (Fsp3) is 0.364. The first-order valence-electron chi connectivity index (χ1n) is 10.6. The highest BCUT2D eigenvalue weighted by Gasteiger charge is 2.32. The van der Waals surface area contributed by atoms with Crippen LogP contribution in [0.2, 0.25) is 0 Å². The van der Waals surface area contributed by atoms with Crippen LogP contribution in [0.15, 0.2) is 58.7 Å². The Bertz CT molecular complexity index is 1050. The smallest absolute Gasteiger partial charge is 0.252 e. The molecule has 10 heteroatoms. The third-order valence-corrected chi connectivity index (χ3v) is 7.75. The normalized spacial score (nSPS) is 19.1. The molecule has 2 aliphatic heterocycles. The number of anilines is 1. The number of piperidine rings is 1. The molecule has 1 aromatic heterocycles. The molecule has 2 aromatic rings. The van der Waals surface area contributed by atoms with Crippen LogP contribution in [0.5, 0.6) is 0 Å². The fourth-order valence-electron chi connectivity index (χ4n) is 3.87. The molecule has 0 spiro atoms. The van der Waals surface area contributed by atoms with E-state index in [4.69, 9.17) is 0 Å². The molecule has 32 heavy (non-hydrogen) atoms. The third kappa shape index (κ3) is 5.74. The lowest BCUT2D eigenvalue weighted by atomic mass is 10.1. The van der Waals surface area contributed by atoms with Gasteiger partial charge in [-0.2, -0.15) is 4.31 Å². The van der Waals surface area contributed by atoms with E-state index >= 15 is 0 Å². The van der Waals surface area contributed by atoms with E-state index in [2.05, 4.69) is 31.2 Å². The Kier molecular flexibility index (Phi) is 7.24. The predicted molar refractivity (Wildman–Crippen MR) is 128 cm³/mol. The van der Waals surface area contributed by atoms with Gasteiger partial charge in [-0.05, 0) is 48.7 Å². The molecule has 0 bridgehead atoms. The van der Waals surface area contributed by atoms with E-state index < -0.39 is 10.0 Å². The molecule has 0 radical (unpaired) electrons. The van der Waals surface area contributed by atoms with Crippen LogP contribution in [0.25, 0.3) is 6.08 Å². The summed E-state index contributed by atoms with van der Waals surface area (Å²) in [7, 11) is -3.66. The Morgan fingerprint density at radius 2 is 1.69 bits per heavy atom. The van der Waals surface area contributed by atoms with Gasteiger partial charge in [0.05, 0.1) is 13.1 Å². The van der Waals surface area contributed by atoms with Gasteiger partial charge in [0.1, 0.15) is 0 Å². The van der Waals surface area contributed by atoms with E-state index in [0.29, 0.717) is 6.54 Å². The molecular weight excluding hydrogens is 494 g/mol. The number of hydrogen-bond donors (Lipinski definition) is 1. The molecule has 0 aliphatic carbocycles. The number of sulfonamides is 1. The summed E-state index contributed by atoms with van der Waals surface area (Å²) in [6, 6.07) is 11.5. The van der Waals surface area contributed by atoms with Crippen molar-refractivity contribution in [1.29, 1.82) is 0 Å². The number of piperazine rings is 1. The number of nitrogens with one attached hydrogen (secondary N) is 1. The van der Waals surface area contributed by atoms with Gasteiger partial charge >= 0.3 is 0 Å². The van der Waals surface area contributed by atoms with Gasteiger partial charge in [0.25, 0.3) is 5.91 Å². The van der Waals surface area contributed by atoms with Gasteiger partial charge in [0.15, 0.2) is 0 Å². The minimum Gasteiger partial charge on any atom is -0.371 e. The molecular formula is C22H26BrN5O3S. The van der Waals surface area contributed by atoms with Crippen molar-refractivity contribution in [3.05, 3.63) is 64.2 Å². The minimum atomic E-state index is -3.66. The third-order valence-electron chi connectivity index (χ3n) is 5.71. The Morgan fingerprint density at radius 3 is 2.34 bits per heavy atom. The van der Waals surface area contributed by atoms with Crippen LogP contribution in [0.1, 0.15) is 18.4 Å². The van der Waals surface area contributed by atoms with Crippen molar-refractivity contribution in [2.45, 2.75) is 18.9 Å². The van der Waals surface area contributed by atoms with Gasteiger partial charge in [-0.3, -0.25) is 14.8 Å². The first-order chi connectivity index (χ1) is 15.4. The van der Waals surface area contributed by atoms with Crippen LogP contribution in [-0.2, 0) is 14.8 Å². The van der Waals surface area contributed by atoms with Crippen LogP contribution in [0, 0.1) is 0 Å². The summed E-state index contributed by atoms with van der Waals surface area (Å²) in [5.74, 6) is -0.228. The molecule has 1 amide bonds. The number of benzene rings is 1. The topological polar surface area (TPSA) is 85.8 Å². The van der Waals surface area contributed by atoms with E-state index in [9.17, 15) is 13.2 Å². The number of rotatable bonds is 6. The largest absolute Gasteiger partial charge is 0.371 e. The highest BCUT2D eigenvalue weighted by molar-refractivity contribution is 9.10. The number of hydrogen-bond acceptors (Lipinski definition) is 6. The summed E-state index contributed by atoms with van der Waals surface area (Å²) in [5.41, 5.74) is 5.25. The van der Waals surface area contributed by atoms with Crippen LogP contribution < -0.4 is 10.3 Å². The average molecular weight is 520 g/mol. The molecule has 4 rings (SSSR count). The van der Waals surface area contributed by atoms with Gasteiger partial charge in [0, 0.05) is 53.6 Å². The summed E-state index contributed by atoms with van der Waals surface area (Å²) in [5, 5.41) is 2.75. The van der Waals surface area contributed by atoms with Crippen LogP contribution in [0.4, 0.5) is 5.69 Å². The van der Waals surface area contributed by atoms with Gasteiger partial charge < -0.3 is 4.90 Å². The fourth-order valence-corrected chi connectivity index (χ4v) is 5.26. The molecule has 0 saturated carbocycles. The zero-order valence-electron chi connectivity index (χ0n) is 17.6. The zero-order chi connectivity index (χ0) is 22.6. The lowest BCUT2D eigenvalue weighted by Gasteiger charge is -2.39. The number of aromatic nitrogens is 1. The van der Waals surface area contributed by atoms with Crippen molar-refractivity contribution in [3.8, 4) is 0 Å². The lowest BCUT2D eigenvalue weighted by molar-refractivity contribution is -0.138. The summed E-state index contributed by atoms with van der Waals surface area (Å²) < 4.78 is 27.5. The molecule has 1 aromatic carbocycles.